The lowest BCUT2D eigenvalue weighted by Crippen LogP contribution is -2.36. The SMILES string of the molecule is C.Cc1ncnc(C2CC2)c1B(O)O. The second-order valence-corrected chi connectivity index (χ2v) is 3.41. The normalized spacial score (nSPS) is 14.8. The summed E-state index contributed by atoms with van der Waals surface area (Å²) in [7, 11) is -1.45. The van der Waals surface area contributed by atoms with E-state index in [4.69, 9.17) is 10.0 Å². The molecule has 1 aromatic heterocycles. The van der Waals surface area contributed by atoms with E-state index < -0.39 is 7.12 Å². The van der Waals surface area contributed by atoms with Gasteiger partial charge in [-0.25, -0.2) is 9.97 Å². The number of aryl methyl sites for hydroxylation is 1. The predicted octanol–water partition coefficient (Wildman–Crippen LogP) is -0.0217. The molecule has 0 atom stereocenters. The van der Waals surface area contributed by atoms with Crippen LogP contribution in [0.15, 0.2) is 6.33 Å². The lowest BCUT2D eigenvalue weighted by atomic mass is 9.77. The van der Waals surface area contributed by atoms with Crippen LogP contribution in [0.1, 0.15) is 37.6 Å². The zero-order valence-corrected chi connectivity index (χ0v) is 7.44. The first kappa shape index (κ1) is 11.1. The summed E-state index contributed by atoms with van der Waals surface area (Å²) < 4.78 is 0. The van der Waals surface area contributed by atoms with Gasteiger partial charge in [0.05, 0.1) is 0 Å². The molecule has 0 unspecified atom stereocenters. The topological polar surface area (TPSA) is 66.2 Å². The average Bonchev–Trinajstić information content (AvgIpc) is 2.85. The van der Waals surface area contributed by atoms with Crippen LogP contribution in [-0.4, -0.2) is 27.1 Å². The van der Waals surface area contributed by atoms with Gasteiger partial charge in [-0.05, 0) is 19.8 Å². The van der Waals surface area contributed by atoms with E-state index in [0.717, 1.165) is 18.5 Å². The van der Waals surface area contributed by atoms with Crippen LogP contribution in [-0.2, 0) is 0 Å². The van der Waals surface area contributed by atoms with Crippen LogP contribution < -0.4 is 5.46 Å². The van der Waals surface area contributed by atoms with Gasteiger partial charge in [0.15, 0.2) is 0 Å². The summed E-state index contributed by atoms with van der Waals surface area (Å²) in [5.41, 5.74) is 1.96. The molecule has 14 heavy (non-hydrogen) atoms. The quantitative estimate of drug-likeness (QED) is 0.649. The van der Waals surface area contributed by atoms with Gasteiger partial charge in [-0.15, -0.1) is 0 Å². The third-order valence-corrected chi connectivity index (χ3v) is 2.34. The lowest BCUT2D eigenvalue weighted by molar-refractivity contribution is 0.424. The van der Waals surface area contributed by atoms with Crippen molar-refractivity contribution >= 4 is 12.6 Å². The van der Waals surface area contributed by atoms with Gasteiger partial charge in [0.2, 0.25) is 0 Å². The first-order chi connectivity index (χ1) is 6.20. The van der Waals surface area contributed by atoms with Crippen LogP contribution in [0.2, 0.25) is 0 Å². The number of hydrogen-bond donors (Lipinski definition) is 2. The smallest absolute Gasteiger partial charge is 0.423 e. The van der Waals surface area contributed by atoms with Crippen molar-refractivity contribution in [3.05, 3.63) is 17.7 Å². The van der Waals surface area contributed by atoms with Crippen LogP contribution >= 0.6 is 0 Å². The van der Waals surface area contributed by atoms with Crippen molar-refractivity contribution in [1.82, 2.24) is 9.97 Å². The summed E-state index contributed by atoms with van der Waals surface area (Å²) in [4.78, 5) is 8.03. The Bertz CT molecular complexity index is 327. The molecular weight excluding hydrogens is 179 g/mol. The van der Waals surface area contributed by atoms with Gasteiger partial charge in [0, 0.05) is 22.8 Å². The predicted molar refractivity (Wildman–Crippen MR) is 55.3 cm³/mol. The highest BCUT2D eigenvalue weighted by atomic mass is 16.4. The first-order valence-corrected chi connectivity index (χ1v) is 4.37. The summed E-state index contributed by atoms with van der Waals surface area (Å²) in [5, 5.41) is 18.3. The second kappa shape index (κ2) is 4.06. The molecule has 1 fully saturated rings. The van der Waals surface area contributed by atoms with Crippen LogP contribution in [0.3, 0.4) is 0 Å². The van der Waals surface area contributed by atoms with Crippen molar-refractivity contribution in [2.75, 3.05) is 0 Å². The molecule has 2 rings (SSSR count). The molecule has 2 N–H and O–H groups in total. The molecule has 0 spiro atoms. The molecule has 0 aromatic carbocycles. The van der Waals surface area contributed by atoms with Gasteiger partial charge < -0.3 is 10.0 Å². The Morgan fingerprint density at radius 2 is 2.00 bits per heavy atom. The van der Waals surface area contributed by atoms with Gasteiger partial charge in [0.25, 0.3) is 0 Å². The standard InChI is InChI=1S/C8H11BN2O2.CH4/c1-5-7(9(12)13)8(6-2-3-6)11-4-10-5;/h4,6,12-13H,2-3H2,1H3;1H4. The van der Waals surface area contributed by atoms with Crippen LogP contribution in [0.4, 0.5) is 0 Å². The Balaban J connectivity index is 0.000000980. The van der Waals surface area contributed by atoms with Gasteiger partial charge in [-0.1, -0.05) is 7.43 Å². The van der Waals surface area contributed by atoms with Crippen molar-refractivity contribution in [3.8, 4) is 0 Å². The zero-order chi connectivity index (χ0) is 9.42. The maximum atomic E-state index is 9.14. The second-order valence-electron chi connectivity index (χ2n) is 3.41. The highest BCUT2D eigenvalue weighted by Gasteiger charge is 2.32. The largest absolute Gasteiger partial charge is 0.492 e. The molecule has 4 nitrogen and oxygen atoms in total. The van der Waals surface area contributed by atoms with E-state index in [2.05, 4.69) is 9.97 Å². The molecule has 0 aliphatic heterocycles. The fraction of sp³-hybridized carbons (Fsp3) is 0.556. The Morgan fingerprint density at radius 3 is 2.50 bits per heavy atom. The zero-order valence-electron chi connectivity index (χ0n) is 7.44. The number of hydrogen-bond acceptors (Lipinski definition) is 4. The van der Waals surface area contributed by atoms with Crippen molar-refractivity contribution in [2.24, 2.45) is 0 Å². The summed E-state index contributed by atoms with van der Waals surface area (Å²) >= 11 is 0. The van der Waals surface area contributed by atoms with E-state index >= 15 is 0 Å². The van der Waals surface area contributed by atoms with Gasteiger partial charge in [-0.2, -0.15) is 0 Å². The molecule has 1 aromatic rings. The Morgan fingerprint density at radius 1 is 1.36 bits per heavy atom. The minimum atomic E-state index is -1.45. The molecule has 0 amide bonds. The third-order valence-electron chi connectivity index (χ3n) is 2.34. The summed E-state index contributed by atoms with van der Waals surface area (Å²) in [5.74, 6) is 0.415. The van der Waals surface area contributed by atoms with E-state index in [1.807, 2.05) is 0 Å². The number of nitrogens with zero attached hydrogens (tertiary/aromatic N) is 2. The fourth-order valence-corrected chi connectivity index (χ4v) is 1.50. The van der Waals surface area contributed by atoms with E-state index in [1.54, 1.807) is 6.92 Å². The molecule has 0 radical (unpaired) electrons. The molecule has 5 heteroatoms. The minimum Gasteiger partial charge on any atom is -0.423 e. The number of aromatic nitrogens is 2. The fourth-order valence-electron chi connectivity index (χ4n) is 1.50. The van der Waals surface area contributed by atoms with Crippen molar-refractivity contribution in [3.63, 3.8) is 0 Å². The molecule has 76 valence electrons. The van der Waals surface area contributed by atoms with Crippen molar-refractivity contribution in [1.29, 1.82) is 0 Å². The molecule has 1 aliphatic carbocycles. The van der Waals surface area contributed by atoms with Gasteiger partial charge in [0.1, 0.15) is 6.33 Å². The summed E-state index contributed by atoms with van der Waals surface area (Å²) in [6.07, 6.45) is 3.67. The van der Waals surface area contributed by atoms with Gasteiger partial charge in [-0.3, -0.25) is 0 Å². The molecule has 0 saturated heterocycles. The van der Waals surface area contributed by atoms with Gasteiger partial charge >= 0.3 is 7.12 Å². The van der Waals surface area contributed by atoms with E-state index in [0.29, 0.717) is 17.1 Å². The molecule has 1 aliphatic rings. The Kier molecular flexibility index (Phi) is 3.23. The summed E-state index contributed by atoms with van der Waals surface area (Å²) in [6.45, 7) is 1.77. The maximum absolute atomic E-state index is 9.14. The lowest BCUT2D eigenvalue weighted by Gasteiger charge is -2.08. The highest BCUT2D eigenvalue weighted by molar-refractivity contribution is 6.59. The third kappa shape index (κ3) is 1.94. The van der Waals surface area contributed by atoms with E-state index in [9.17, 15) is 0 Å². The Hall–Kier alpha value is -0.935. The summed E-state index contributed by atoms with van der Waals surface area (Å²) in [6, 6.07) is 0. The van der Waals surface area contributed by atoms with E-state index in [-0.39, 0.29) is 7.43 Å². The molecular formula is C9H15BN2O2. The molecule has 0 bridgehead atoms. The molecule has 1 heterocycles. The van der Waals surface area contributed by atoms with Crippen LogP contribution in [0.25, 0.3) is 0 Å². The van der Waals surface area contributed by atoms with Crippen molar-refractivity contribution < 1.29 is 10.0 Å². The number of rotatable bonds is 2. The van der Waals surface area contributed by atoms with Crippen molar-refractivity contribution in [2.45, 2.75) is 33.1 Å². The first-order valence-electron chi connectivity index (χ1n) is 4.37. The van der Waals surface area contributed by atoms with Crippen LogP contribution in [0.5, 0.6) is 0 Å². The van der Waals surface area contributed by atoms with Crippen LogP contribution in [0, 0.1) is 6.92 Å². The molecule has 1 saturated carbocycles. The van der Waals surface area contributed by atoms with E-state index in [1.165, 1.54) is 6.33 Å². The minimum absolute atomic E-state index is 0. The average molecular weight is 194 g/mol. The monoisotopic (exact) mass is 194 g/mol. The highest BCUT2D eigenvalue weighted by Crippen LogP contribution is 2.38. The maximum Gasteiger partial charge on any atom is 0.492 e. The Labute approximate surface area is 84.2 Å².